The van der Waals surface area contributed by atoms with E-state index in [2.05, 4.69) is 174 Å². The van der Waals surface area contributed by atoms with Crippen molar-refractivity contribution in [3.8, 4) is 73.5 Å². The molecule has 0 saturated carbocycles. The molecular formula is C56H37N5OPt-2. The number of pyridine rings is 1. The van der Waals surface area contributed by atoms with Gasteiger partial charge in [0, 0.05) is 61.1 Å². The molecule has 0 spiro atoms. The fourth-order valence-electron chi connectivity index (χ4n) is 8.32. The number of hydrogen-bond donors (Lipinski definition) is 0. The van der Waals surface area contributed by atoms with Gasteiger partial charge in [0.15, 0.2) is 0 Å². The van der Waals surface area contributed by atoms with Crippen LogP contribution in [-0.2, 0) is 21.1 Å². The van der Waals surface area contributed by atoms with Crippen molar-refractivity contribution in [2.24, 2.45) is 0 Å². The van der Waals surface area contributed by atoms with Crippen molar-refractivity contribution in [1.29, 1.82) is 0 Å². The van der Waals surface area contributed by atoms with E-state index >= 15 is 0 Å². The second-order valence-electron chi connectivity index (χ2n) is 15.1. The van der Waals surface area contributed by atoms with E-state index in [0.717, 1.165) is 83.6 Å². The Kier molecular flexibility index (Phi) is 10.7. The van der Waals surface area contributed by atoms with Gasteiger partial charge < -0.3 is 13.9 Å². The van der Waals surface area contributed by atoms with Crippen molar-refractivity contribution >= 4 is 21.8 Å². The molecule has 0 unspecified atom stereocenters. The number of aryl methyl sites for hydroxylation is 1. The summed E-state index contributed by atoms with van der Waals surface area (Å²) in [6.07, 6.45) is 5.59. The molecule has 3 heterocycles. The number of nitrogens with zero attached hydrogens (tertiary/aromatic N) is 5. The molecule has 0 aliphatic rings. The molecule has 0 amide bonds. The summed E-state index contributed by atoms with van der Waals surface area (Å²) in [4.78, 5) is 5.00. The van der Waals surface area contributed by atoms with Gasteiger partial charge in [-0.3, -0.25) is 0 Å². The molecule has 7 heteroatoms. The van der Waals surface area contributed by atoms with Gasteiger partial charge in [0.05, 0.1) is 0 Å². The third-order valence-electron chi connectivity index (χ3n) is 11.2. The van der Waals surface area contributed by atoms with Crippen LogP contribution >= 0.6 is 0 Å². The van der Waals surface area contributed by atoms with Gasteiger partial charge in [-0.05, 0) is 68.6 Å². The Morgan fingerprint density at radius 2 is 1.10 bits per heavy atom. The Morgan fingerprint density at radius 3 is 1.75 bits per heavy atom. The van der Waals surface area contributed by atoms with E-state index < -0.39 is 0 Å². The summed E-state index contributed by atoms with van der Waals surface area (Å²) >= 11 is 0. The average molecular weight is 991 g/mol. The van der Waals surface area contributed by atoms with Crippen LogP contribution in [0.5, 0.6) is 11.5 Å². The molecule has 0 aliphatic carbocycles. The summed E-state index contributed by atoms with van der Waals surface area (Å²) in [5.74, 6) is 2.63. The van der Waals surface area contributed by atoms with E-state index in [1.807, 2.05) is 66.9 Å². The number of aromatic nitrogens is 5. The fraction of sp³-hybridized carbons (Fsp3) is 0.0179. The molecule has 0 fully saturated rings. The first-order valence-corrected chi connectivity index (χ1v) is 20.6. The second-order valence-corrected chi connectivity index (χ2v) is 15.1. The zero-order valence-corrected chi connectivity index (χ0v) is 36.4. The second kappa shape index (κ2) is 17.0. The molecule has 3 aromatic heterocycles. The van der Waals surface area contributed by atoms with Crippen LogP contribution in [0.3, 0.4) is 0 Å². The number of fused-ring (bicyclic) bond motifs is 3. The van der Waals surface area contributed by atoms with Crippen LogP contribution in [0, 0.1) is 25.4 Å². The van der Waals surface area contributed by atoms with Gasteiger partial charge in [-0.15, -0.1) is 29.7 Å². The first-order valence-electron chi connectivity index (χ1n) is 20.6. The van der Waals surface area contributed by atoms with E-state index in [1.54, 1.807) is 4.68 Å². The maximum absolute atomic E-state index is 6.59. The summed E-state index contributed by atoms with van der Waals surface area (Å²) in [6, 6.07) is 75.5. The van der Waals surface area contributed by atoms with Gasteiger partial charge >= 0.3 is 0 Å². The maximum Gasteiger partial charge on any atom is 0.231 e. The topological polar surface area (TPSA) is 48.8 Å². The zero-order chi connectivity index (χ0) is 41.4. The molecule has 8 aromatic carbocycles. The Balaban J connectivity index is 0.00000471. The molecule has 0 radical (unpaired) electrons. The first-order chi connectivity index (χ1) is 30.7. The Hall–Kier alpha value is -7.66. The Morgan fingerprint density at radius 1 is 0.524 bits per heavy atom. The number of para-hydroxylation sites is 2. The van der Waals surface area contributed by atoms with Crippen molar-refractivity contribution in [2.45, 2.75) is 6.92 Å². The molecule has 11 rings (SSSR count). The van der Waals surface area contributed by atoms with Crippen molar-refractivity contribution in [3.05, 3.63) is 230 Å². The fourth-order valence-corrected chi connectivity index (χ4v) is 8.32. The summed E-state index contributed by atoms with van der Waals surface area (Å²) in [5.41, 5.74) is 12.2. The monoisotopic (exact) mass is 990 g/mol. The molecule has 6 nitrogen and oxygen atoms in total. The van der Waals surface area contributed by atoms with E-state index in [1.165, 1.54) is 0 Å². The van der Waals surface area contributed by atoms with E-state index in [-0.39, 0.29) is 21.1 Å². The largest absolute Gasteiger partial charge is 0.510 e. The van der Waals surface area contributed by atoms with Crippen LogP contribution in [0.25, 0.3) is 83.8 Å². The van der Waals surface area contributed by atoms with Crippen molar-refractivity contribution < 1.29 is 30.4 Å². The molecule has 0 saturated heterocycles. The van der Waals surface area contributed by atoms with Gasteiger partial charge in [0.2, 0.25) is 12.2 Å². The average Bonchev–Trinajstić information content (AvgIpc) is 3.92. The Labute approximate surface area is 380 Å². The quantitative estimate of drug-likeness (QED) is 0.107. The normalized spacial score (nSPS) is 11.1. The van der Waals surface area contributed by atoms with Gasteiger partial charge in [0.1, 0.15) is 5.82 Å². The predicted octanol–water partition coefficient (Wildman–Crippen LogP) is 12.8. The van der Waals surface area contributed by atoms with Crippen LogP contribution in [0.1, 0.15) is 5.56 Å². The molecule has 0 atom stereocenters. The number of hydrogen-bond acceptors (Lipinski definition) is 3. The van der Waals surface area contributed by atoms with Crippen molar-refractivity contribution in [3.63, 3.8) is 0 Å². The minimum atomic E-state index is 0. The minimum absolute atomic E-state index is 0. The van der Waals surface area contributed by atoms with Crippen LogP contribution < -0.4 is 9.30 Å². The van der Waals surface area contributed by atoms with E-state index in [9.17, 15) is 0 Å². The molecule has 0 bridgehead atoms. The summed E-state index contributed by atoms with van der Waals surface area (Å²) < 4.78 is 12.6. The van der Waals surface area contributed by atoms with Crippen LogP contribution in [0.15, 0.2) is 206 Å². The van der Waals surface area contributed by atoms with Gasteiger partial charge in [0.25, 0.3) is 0 Å². The smallest absolute Gasteiger partial charge is 0.231 e. The van der Waals surface area contributed by atoms with Crippen molar-refractivity contribution in [1.82, 2.24) is 19.3 Å². The number of benzene rings is 8. The molecule has 0 aliphatic heterocycles. The molecule has 304 valence electrons. The molecule has 11 aromatic rings. The first kappa shape index (κ1) is 39.5. The standard InChI is InChI=1S/C56H37N5O.Pt/c1-39-34-54(57-37-51(39)42-22-10-4-11-23-42)61-52-31-15-14-28-49(52)50-33-32-46(36-53(50)61)62-45-27-16-26-44(35-45)60-38-59(56(58-60)43-24-12-5-13-25-43)55-47(40-18-6-2-7-19-40)29-17-30-48(55)41-20-8-3-9-21-41;/h2-34,37H,1H3;/q-2;. The predicted molar refractivity (Wildman–Crippen MR) is 247 cm³/mol. The summed E-state index contributed by atoms with van der Waals surface area (Å²) in [7, 11) is 0. The number of ether oxygens (including phenoxy) is 1. The third-order valence-corrected chi connectivity index (χ3v) is 11.2. The van der Waals surface area contributed by atoms with Gasteiger partial charge in [-0.2, -0.15) is 22.9 Å². The molecule has 63 heavy (non-hydrogen) atoms. The van der Waals surface area contributed by atoms with E-state index in [4.69, 9.17) is 14.8 Å². The summed E-state index contributed by atoms with van der Waals surface area (Å²) in [5, 5.41) is 7.39. The molecular weight excluding hydrogens is 954 g/mol. The van der Waals surface area contributed by atoms with Gasteiger partial charge in [-0.1, -0.05) is 163 Å². The van der Waals surface area contributed by atoms with Crippen molar-refractivity contribution in [2.75, 3.05) is 0 Å². The van der Waals surface area contributed by atoms with Crippen LogP contribution in [0.2, 0.25) is 0 Å². The summed E-state index contributed by atoms with van der Waals surface area (Å²) in [6.45, 7) is 2.13. The third kappa shape index (κ3) is 7.45. The minimum Gasteiger partial charge on any atom is -0.510 e. The maximum atomic E-state index is 6.59. The Bertz CT molecular complexity index is 3330. The van der Waals surface area contributed by atoms with Crippen LogP contribution in [0.4, 0.5) is 0 Å². The number of rotatable bonds is 9. The van der Waals surface area contributed by atoms with Crippen LogP contribution in [-0.4, -0.2) is 19.3 Å². The van der Waals surface area contributed by atoms with Gasteiger partial charge in [-0.25, -0.2) is 4.98 Å². The SMILES string of the molecule is Cc1cc(-n2c3[c-]c(Oc4[c-]c(-n5[c-][n+](-c6c(-c7ccccc7)cccc6-c6ccccc6)c(-c6ccccc6)n5)ccc4)ccc3c3ccccc32)ncc1-c1ccccc1.[Pt]. The zero-order valence-electron chi connectivity index (χ0n) is 34.1. The van der Waals surface area contributed by atoms with E-state index in [0.29, 0.717) is 17.2 Å². The molecule has 0 N–H and O–H groups in total.